The lowest BCUT2D eigenvalue weighted by molar-refractivity contribution is -0.120. The minimum Gasteiger partial charge on any atom is -0.356 e. The van der Waals surface area contributed by atoms with Crippen LogP contribution in [0.2, 0.25) is 0 Å². The first-order valence-corrected chi connectivity index (χ1v) is 8.59. The third kappa shape index (κ3) is 4.45. The Balaban J connectivity index is 1.41. The SMILES string of the molecule is Cc1csc(CCCNC(=O)Cc2ccc(-n3cnnn3)cc2)n1. The van der Waals surface area contributed by atoms with Crippen LogP contribution in [0.3, 0.4) is 0 Å². The number of carbonyl (C=O) groups excluding carboxylic acids is 1. The second-order valence-electron chi connectivity index (χ2n) is 5.43. The maximum atomic E-state index is 12.0. The van der Waals surface area contributed by atoms with Gasteiger partial charge in [0.05, 0.1) is 17.1 Å². The standard InChI is InChI=1S/C16H18N6OS/c1-12-10-24-16(19-12)3-2-8-17-15(23)9-13-4-6-14(7-5-13)22-11-18-20-21-22/h4-7,10-11H,2-3,8-9H2,1H3,(H,17,23). The highest BCUT2D eigenvalue weighted by atomic mass is 32.1. The zero-order valence-electron chi connectivity index (χ0n) is 13.3. The Labute approximate surface area is 143 Å². The van der Waals surface area contributed by atoms with E-state index in [0.29, 0.717) is 13.0 Å². The number of amides is 1. The molecule has 7 nitrogen and oxygen atoms in total. The minimum absolute atomic E-state index is 0.0282. The molecule has 0 radical (unpaired) electrons. The highest BCUT2D eigenvalue weighted by Crippen LogP contribution is 2.10. The fourth-order valence-corrected chi connectivity index (χ4v) is 3.10. The Morgan fingerprint density at radius 2 is 2.12 bits per heavy atom. The molecule has 3 aromatic rings. The molecule has 24 heavy (non-hydrogen) atoms. The predicted molar refractivity (Wildman–Crippen MR) is 91.0 cm³/mol. The van der Waals surface area contributed by atoms with Gasteiger partial charge in [0.1, 0.15) is 6.33 Å². The van der Waals surface area contributed by atoms with Crippen molar-refractivity contribution >= 4 is 17.2 Å². The Bertz CT molecular complexity index is 781. The van der Waals surface area contributed by atoms with E-state index in [1.165, 1.54) is 6.33 Å². The van der Waals surface area contributed by atoms with Crippen LogP contribution < -0.4 is 5.32 Å². The van der Waals surface area contributed by atoms with Gasteiger partial charge in [0.2, 0.25) is 5.91 Å². The van der Waals surface area contributed by atoms with Gasteiger partial charge in [-0.3, -0.25) is 4.79 Å². The van der Waals surface area contributed by atoms with E-state index >= 15 is 0 Å². The second kappa shape index (κ2) is 7.78. The quantitative estimate of drug-likeness (QED) is 0.661. The van der Waals surface area contributed by atoms with Crippen molar-refractivity contribution in [3.63, 3.8) is 0 Å². The summed E-state index contributed by atoms with van der Waals surface area (Å²) < 4.78 is 1.57. The molecule has 0 aliphatic rings. The molecule has 0 spiro atoms. The van der Waals surface area contributed by atoms with Gasteiger partial charge in [0, 0.05) is 24.0 Å². The van der Waals surface area contributed by atoms with Crippen LogP contribution in [0.25, 0.3) is 5.69 Å². The Morgan fingerprint density at radius 3 is 2.79 bits per heavy atom. The van der Waals surface area contributed by atoms with E-state index in [1.54, 1.807) is 16.0 Å². The molecule has 0 unspecified atom stereocenters. The zero-order chi connectivity index (χ0) is 16.8. The van der Waals surface area contributed by atoms with E-state index in [0.717, 1.165) is 34.8 Å². The summed E-state index contributed by atoms with van der Waals surface area (Å²) in [5.41, 5.74) is 2.88. The smallest absolute Gasteiger partial charge is 0.224 e. The Hall–Kier alpha value is -2.61. The van der Waals surface area contributed by atoms with Crippen LogP contribution in [0.1, 0.15) is 22.7 Å². The molecule has 0 saturated carbocycles. The third-order valence-electron chi connectivity index (χ3n) is 3.47. The van der Waals surface area contributed by atoms with Crippen molar-refractivity contribution in [2.45, 2.75) is 26.2 Å². The first kappa shape index (κ1) is 16.3. The van der Waals surface area contributed by atoms with E-state index in [2.05, 4.69) is 25.8 Å². The minimum atomic E-state index is 0.0282. The van der Waals surface area contributed by atoms with Gasteiger partial charge in [-0.1, -0.05) is 12.1 Å². The van der Waals surface area contributed by atoms with Crippen LogP contribution in [0.4, 0.5) is 0 Å². The number of hydrogen-bond acceptors (Lipinski definition) is 6. The number of carbonyl (C=O) groups is 1. The lowest BCUT2D eigenvalue weighted by Gasteiger charge is -2.05. The van der Waals surface area contributed by atoms with Gasteiger partial charge >= 0.3 is 0 Å². The fraction of sp³-hybridized carbons (Fsp3) is 0.312. The van der Waals surface area contributed by atoms with E-state index in [-0.39, 0.29) is 5.91 Å². The molecule has 0 fully saturated rings. The van der Waals surface area contributed by atoms with Crippen molar-refractivity contribution in [3.05, 3.63) is 52.2 Å². The molecule has 0 aliphatic carbocycles. The number of thiazole rings is 1. The van der Waals surface area contributed by atoms with Crippen molar-refractivity contribution in [1.29, 1.82) is 0 Å². The van der Waals surface area contributed by atoms with Gasteiger partial charge < -0.3 is 5.32 Å². The lowest BCUT2D eigenvalue weighted by atomic mass is 10.1. The van der Waals surface area contributed by atoms with Crippen LogP contribution in [0, 0.1) is 6.92 Å². The molecule has 1 N–H and O–H groups in total. The largest absolute Gasteiger partial charge is 0.356 e. The van der Waals surface area contributed by atoms with Gasteiger partial charge in [0.15, 0.2) is 0 Å². The number of nitrogens with zero attached hydrogens (tertiary/aromatic N) is 5. The van der Waals surface area contributed by atoms with E-state index in [1.807, 2.05) is 36.6 Å². The summed E-state index contributed by atoms with van der Waals surface area (Å²) in [7, 11) is 0. The number of aryl methyl sites for hydroxylation is 2. The number of benzene rings is 1. The van der Waals surface area contributed by atoms with Crippen LogP contribution in [-0.4, -0.2) is 37.6 Å². The Kier molecular flexibility index (Phi) is 5.27. The molecular weight excluding hydrogens is 324 g/mol. The fourth-order valence-electron chi connectivity index (χ4n) is 2.28. The van der Waals surface area contributed by atoms with Crippen LogP contribution in [-0.2, 0) is 17.6 Å². The molecule has 2 heterocycles. The molecule has 0 atom stereocenters. The third-order valence-corrected chi connectivity index (χ3v) is 4.50. The summed E-state index contributed by atoms with van der Waals surface area (Å²) in [5.74, 6) is 0.0282. The highest BCUT2D eigenvalue weighted by Gasteiger charge is 2.05. The van der Waals surface area contributed by atoms with Gasteiger partial charge in [-0.05, 0) is 41.5 Å². The molecule has 0 bridgehead atoms. The van der Waals surface area contributed by atoms with Crippen molar-refractivity contribution < 1.29 is 4.79 Å². The van der Waals surface area contributed by atoms with Gasteiger partial charge in [0.25, 0.3) is 0 Å². The molecule has 3 rings (SSSR count). The maximum absolute atomic E-state index is 12.0. The molecule has 124 valence electrons. The monoisotopic (exact) mass is 342 g/mol. The van der Waals surface area contributed by atoms with Crippen molar-refractivity contribution in [1.82, 2.24) is 30.5 Å². The summed E-state index contributed by atoms with van der Waals surface area (Å²) in [4.78, 5) is 16.4. The summed E-state index contributed by atoms with van der Waals surface area (Å²) in [6, 6.07) is 7.61. The number of tetrazole rings is 1. The number of hydrogen-bond donors (Lipinski definition) is 1. The predicted octanol–water partition coefficient (Wildman–Crippen LogP) is 1.72. The second-order valence-corrected chi connectivity index (χ2v) is 6.38. The first-order chi connectivity index (χ1) is 11.7. The number of nitrogens with one attached hydrogen (secondary N) is 1. The molecule has 2 aromatic heterocycles. The Morgan fingerprint density at radius 1 is 1.29 bits per heavy atom. The first-order valence-electron chi connectivity index (χ1n) is 7.71. The summed E-state index contributed by atoms with van der Waals surface area (Å²) in [6.45, 7) is 2.66. The topological polar surface area (TPSA) is 85.6 Å². The van der Waals surface area contributed by atoms with Gasteiger partial charge in [-0.15, -0.1) is 16.4 Å². The average Bonchev–Trinajstić information content (AvgIpc) is 3.24. The summed E-state index contributed by atoms with van der Waals surface area (Å²) >= 11 is 1.67. The molecule has 0 saturated heterocycles. The molecule has 1 amide bonds. The number of rotatable bonds is 7. The normalized spacial score (nSPS) is 10.7. The van der Waals surface area contributed by atoms with E-state index in [4.69, 9.17) is 0 Å². The highest BCUT2D eigenvalue weighted by molar-refractivity contribution is 7.09. The van der Waals surface area contributed by atoms with Gasteiger partial charge in [-0.2, -0.15) is 0 Å². The van der Waals surface area contributed by atoms with Gasteiger partial charge in [-0.25, -0.2) is 9.67 Å². The lowest BCUT2D eigenvalue weighted by Crippen LogP contribution is -2.26. The summed E-state index contributed by atoms with van der Waals surface area (Å²) in [5, 5.41) is 17.1. The van der Waals surface area contributed by atoms with Crippen LogP contribution >= 0.6 is 11.3 Å². The van der Waals surface area contributed by atoms with E-state index < -0.39 is 0 Å². The van der Waals surface area contributed by atoms with Crippen molar-refractivity contribution in [2.24, 2.45) is 0 Å². The molecular formula is C16H18N6OS. The van der Waals surface area contributed by atoms with Crippen molar-refractivity contribution in [3.8, 4) is 5.69 Å². The summed E-state index contributed by atoms with van der Waals surface area (Å²) in [6.07, 6.45) is 3.70. The van der Waals surface area contributed by atoms with Crippen molar-refractivity contribution in [2.75, 3.05) is 6.54 Å². The number of aromatic nitrogens is 5. The molecule has 0 aliphatic heterocycles. The zero-order valence-corrected chi connectivity index (χ0v) is 14.2. The maximum Gasteiger partial charge on any atom is 0.224 e. The molecule has 8 heteroatoms. The average molecular weight is 342 g/mol. The van der Waals surface area contributed by atoms with E-state index in [9.17, 15) is 4.79 Å². The van der Waals surface area contributed by atoms with Crippen LogP contribution in [0.15, 0.2) is 36.0 Å². The van der Waals surface area contributed by atoms with Crippen LogP contribution in [0.5, 0.6) is 0 Å². The molecule has 1 aromatic carbocycles.